The van der Waals surface area contributed by atoms with Crippen LogP contribution in [0.15, 0.2) is 18.2 Å². The van der Waals surface area contributed by atoms with Crippen molar-refractivity contribution >= 4 is 34.2 Å². The van der Waals surface area contributed by atoms with E-state index in [4.69, 9.17) is 0 Å². The molecule has 1 fully saturated rings. The summed E-state index contributed by atoms with van der Waals surface area (Å²) >= 11 is 2.06. The fourth-order valence-corrected chi connectivity index (χ4v) is 2.97. The number of halogens is 4. The van der Waals surface area contributed by atoms with Crippen LogP contribution in [0.4, 0.5) is 18.9 Å². The highest BCUT2D eigenvalue weighted by atomic mass is 127. The van der Waals surface area contributed by atoms with Gasteiger partial charge in [-0.3, -0.25) is 4.79 Å². The van der Waals surface area contributed by atoms with Crippen molar-refractivity contribution < 1.29 is 18.0 Å². The monoisotopic (exact) mass is 440 g/mol. The number of benzene rings is 1. The van der Waals surface area contributed by atoms with Crippen molar-refractivity contribution in [3.63, 3.8) is 0 Å². The second kappa shape index (κ2) is 7.27. The Hall–Kier alpha value is -0.990. The van der Waals surface area contributed by atoms with Crippen LogP contribution in [0, 0.1) is 5.92 Å². The minimum atomic E-state index is -4.41. The lowest BCUT2D eigenvalue weighted by Gasteiger charge is -2.34. The van der Waals surface area contributed by atoms with Crippen molar-refractivity contribution in [2.24, 2.45) is 5.92 Å². The van der Waals surface area contributed by atoms with Gasteiger partial charge < -0.3 is 9.80 Å². The van der Waals surface area contributed by atoms with E-state index in [9.17, 15) is 18.0 Å². The number of hydrogen-bond donors (Lipinski definition) is 0. The maximum absolute atomic E-state index is 13.0. The van der Waals surface area contributed by atoms with Crippen LogP contribution in [0.25, 0.3) is 0 Å². The van der Waals surface area contributed by atoms with Gasteiger partial charge in [0.1, 0.15) is 0 Å². The van der Waals surface area contributed by atoms with Crippen LogP contribution >= 0.6 is 22.6 Å². The molecule has 0 spiro atoms. The van der Waals surface area contributed by atoms with E-state index in [1.165, 1.54) is 11.0 Å². The molecule has 0 unspecified atom stereocenters. The Labute approximate surface area is 148 Å². The van der Waals surface area contributed by atoms with E-state index in [2.05, 4.69) is 29.5 Å². The molecule has 23 heavy (non-hydrogen) atoms. The normalized spacial score (nSPS) is 16.5. The van der Waals surface area contributed by atoms with Crippen molar-refractivity contribution in [2.75, 3.05) is 29.6 Å². The van der Waals surface area contributed by atoms with E-state index >= 15 is 0 Å². The molecule has 0 saturated carbocycles. The Morgan fingerprint density at radius 1 is 1.35 bits per heavy atom. The van der Waals surface area contributed by atoms with Crippen LogP contribution in [0.5, 0.6) is 0 Å². The number of carbonyl (C=O) groups excluding carboxylic acids is 1. The van der Waals surface area contributed by atoms with Crippen LogP contribution in [0.2, 0.25) is 0 Å². The van der Waals surface area contributed by atoms with Crippen LogP contribution in [0.1, 0.15) is 35.7 Å². The summed E-state index contributed by atoms with van der Waals surface area (Å²) in [5.74, 6) is 0.315. The molecule has 128 valence electrons. The highest BCUT2D eigenvalue weighted by molar-refractivity contribution is 14.1. The molecule has 1 heterocycles. The topological polar surface area (TPSA) is 23.6 Å². The van der Waals surface area contributed by atoms with Crippen molar-refractivity contribution in [3.05, 3.63) is 29.3 Å². The first-order valence-electron chi connectivity index (χ1n) is 7.51. The lowest BCUT2D eigenvalue weighted by atomic mass is 9.97. The summed E-state index contributed by atoms with van der Waals surface area (Å²) in [6.45, 7) is 3.49. The summed E-state index contributed by atoms with van der Waals surface area (Å²) in [5, 5.41) is 0. The average Bonchev–Trinajstić information content (AvgIpc) is 2.52. The van der Waals surface area contributed by atoms with Gasteiger partial charge in [-0.1, -0.05) is 29.5 Å². The third kappa shape index (κ3) is 4.30. The number of piperidine rings is 1. The van der Waals surface area contributed by atoms with Gasteiger partial charge in [0.05, 0.1) is 21.4 Å². The zero-order valence-electron chi connectivity index (χ0n) is 13.2. The van der Waals surface area contributed by atoms with E-state index < -0.39 is 11.7 Å². The SMILES string of the molecule is CC1CCN(c2cc(C(F)(F)F)ccc2C(=O)N(C)CI)CC1. The van der Waals surface area contributed by atoms with Gasteiger partial charge in [-0.05, 0) is 37.0 Å². The van der Waals surface area contributed by atoms with Gasteiger partial charge in [-0.2, -0.15) is 13.2 Å². The van der Waals surface area contributed by atoms with Crippen molar-refractivity contribution in [1.82, 2.24) is 4.90 Å². The largest absolute Gasteiger partial charge is 0.416 e. The minimum Gasteiger partial charge on any atom is -0.371 e. The molecule has 1 amide bonds. The smallest absolute Gasteiger partial charge is 0.371 e. The van der Waals surface area contributed by atoms with E-state index in [1.807, 2.05) is 4.90 Å². The molecule has 1 aliphatic rings. The van der Waals surface area contributed by atoms with Gasteiger partial charge in [0.25, 0.3) is 5.91 Å². The third-order valence-electron chi connectivity index (χ3n) is 4.21. The van der Waals surface area contributed by atoms with Crippen molar-refractivity contribution in [3.8, 4) is 0 Å². The Morgan fingerprint density at radius 2 is 1.96 bits per heavy atom. The molecular weight excluding hydrogens is 420 g/mol. The maximum atomic E-state index is 13.0. The molecule has 3 nitrogen and oxygen atoms in total. The molecule has 1 aliphatic heterocycles. The number of amides is 1. The van der Waals surface area contributed by atoms with Gasteiger partial charge in [0, 0.05) is 20.1 Å². The number of alkyl halides is 4. The Balaban J connectivity index is 2.43. The van der Waals surface area contributed by atoms with Gasteiger partial charge in [0.2, 0.25) is 0 Å². The Bertz CT molecular complexity index is 569. The number of anilines is 1. The third-order valence-corrected chi connectivity index (χ3v) is 5.23. The molecule has 7 heteroatoms. The molecule has 0 atom stereocenters. The number of rotatable bonds is 3. The first-order valence-corrected chi connectivity index (χ1v) is 9.04. The molecule has 2 rings (SSSR count). The maximum Gasteiger partial charge on any atom is 0.416 e. The van der Waals surface area contributed by atoms with Gasteiger partial charge in [-0.25, -0.2) is 0 Å². The summed E-state index contributed by atoms with van der Waals surface area (Å²) in [6.07, 6.45) is -2.56. The molecule has 1 aromatic rings. The Morgan fingerprint density at radius 3 is 2.48 bits per heavy atom. The average molecular weight is 440 g/mol. The molecular formula is C16H20F3IN2O. The molecule has 1 aromatic carbocycles. The van der Waals surface area contributed by atoms with Crippen molar-refractivity contribution in [1.29, 1.82) is 0 Å². The van der Waals surface area contributed by atoms with E-state index in [0.29, 0.717) is 34.8 Å². The number of hydrogen-bond acceptors (Lipinski definition) is 2. The van der Waals surface area contributed by atoms with E-state index in [1.54, 1.807) is 7.05 Å². The zero-order chi connectivity index (χ0) is 17.2. The lowest BCUT2D eigenvalue weighted by molar-refractivity contribution is -0.137. The molecule has 0 aliphatic carbocycles. The summed E-state index contributed by atoms with van der Waals surface area (Å²) in [6, 6.07) is 3.41. The Kier molecular flexibility index (Phi) is 5.80. The second-order valence-electron chi connectivity index (χ2n) is 6.02. The lowest BCUT2D eigenvalue weighted by Crippen LogP contribution is -2.35. The molecule has 0 N–H and O–H groups in total. The van der Waals surface area contributed by atoms with E-state index in [-0.39, 0.29) is 5.91 Å². The molecule has 0 radical (unpaired) electrons. The second-order valence-corrected chi connectivity index (χ2v) is 6.70. The first kappa shape index (κ1) is 18.4. The van der Waals surface area contributed by atoms with Crippen LogP contribution in [-0.2, 0) is 6.18 Å². The van der Waals surface area contributed by atoms with Crippen LogP contribution in [0.3, 0.4) is 0 Å². The highest BCUT2D eigenvalue weighted by Gasteiger charge is 2.33. The first-order chi connectivity index (χ1) is 10.7. The van der Waals surface area contributed by atoms with E-state index in [0.717, 1.165) is 25.0 Å². The van der Waals surface area contributed by atoms with Gasteiger partial charge in [0.15, 0.2) is 0 Å². The predicted octanol–water partition coefficient (Wildman–Crippen LogP) is 4.41. The number of carbonyl (C=O) groups is 1. The van der Waals surface area contributed by atoms with Crippen LogP contribution in [-0.4, -0.2) is 35.5 Å². The highest BCUT2D eigenvalue weighted by Crippen LogP contribution is 2.35. The quantitative estimate of drug-likeness (QED) is 0.395. The number of nitrogens with zero attached hydrogens (tertiary/aromatic N) is 2. The summed E-state index contributed by atoms with van der Waals surface area (Å²) in [4.78, 5) is 15.9. The molecule has 0 bridgehead atoms. The summed E-state index contributed by atoms with van der Waals surface area (Å²) < 4.78 is 39.6. The zero-order valence-corrected chi connectivity index (χ0v) is 15.3. The molecule has 1 saturated heterocycles. The van der Waals surface area contributed by atoms with Crippen molar-refractivity contribution in [2.45, 2.75) is 25.9 Å². The standard InChI is InChI=1S/C16H20F3IN2O/c1-11-5-7-22(8-6-11)14-9-12(16(17,18)19)3-4-13(14)15(23)21(2)10-20/h3-4,9,11H,5-8,10H2,1-2H3. The predicted molar refractivity (Wildman–Crippen MR) is 93.0 cm³/mol. The van der Waals surface area contributed by atoms with Gasteiger partial charge >= 0.3 is 6.18 Å². The van der Waals surface area contributed by atoms with Crippen LogP contribution < -0.4 is 4.90 Å². The summed E-state index contributed by atoms with van der Waals surface area (Å²) in [5.41, 5.74) is 0.0277. The fraction of sp³-hybridized carbons (Fsp3) is 0.562. The summed E-state index contributed by atoms with van der Waals surface area (Å²) in [7, 11) is 1.65. The van der Waals surface area contributed by atoms with Gasteiger partial charge in [-0.15, -0.1) is 0 Å². The minimum absolute atomic E-state index is 0.248. The molecule has 0 aromatic heterocycles. The fourth-order valence-electron chi connectivity index (χ4n) is 2.66.